The van der Waals surface area contributed by atoms with Crippen LogP contribution in [0.4, 0.5) is 0 Å². The summed E-state index contributed by atoms with van der Waals surface area (Å²) in [5, 5.41) is 0. The molecule has 1 aromatic heterocycles. The molecular formula is C17H31N3. The van der Waals surface area contributed by atoms with Gasteiger partial charge in [-0.2, -0.15) is 0 Å². The Morgan fingerprint density at radius 2 is 1.50 bits per heavy atom. The highest BCUT2D eigenvalue weighted by atomic mass is 14.8. The van der Waals surface area contributed by atoms with E-state index in [2.05, 4.69) is 16.9 Å². The van der Waals surface area contributed by atoms with Crippen molar-refractivity contribution in [3.8, 4) is 0 Å². The molecule has 0 spiro atoms. The van der Waals surface area contributed by atoms with Gasteiger partial charge in [-0.1, -0.05) is 71.1 Å². The lowest BCUT2D eigenvalue weighted by Gasteiger charge is -2.09. The van der Waals surface area contributed by atoms with Crippen molar-refractivity contribution in [2.24, 2.45) is 5.73 Å². The minimum atomic E-state index is 0.0535. The lowest BCUT2D eigenvalue weighted by Crippen LogP contribution is -2.12. The van der Waals surface area contributed by atoms with Gasteiger partial charge in [0.2, 0.25) is 0 Å². The van der Waals surface area contributed by atoms with E-state index in [1.54, 1.807) is 18.6 Å². The first kappa shape index (κ1) is 17.1. The first-order valence-corrected chi connectivity index (χ1v) is 8.36. The fraction of sp³-hybridized carbons (Fsp3) is 0.765. The third kappa shape index (κ3) is 8.26. The van der Waals surface area contributed by atoms with Gasteiger partial charge in [0.15, 0.2) is 0 Å². The number of nitrogens with two attached hydrogens (primary N) is 1. The molecule has 1 unspecified atom stereocenters. The fourth-order valence-electron chi connectivity index (χ4n) is 2.50. The summed E-state index contributed by atoms with van der Waals surface area (Å²) >= 11 is 0. The van der Waals surface area contributed by atoms with Crippen LogP contribution in [0.15, 0.2) is 18.6 Å². The van der Waals surface area contributed by atoms with Crippen LogP contribution in [-0.2, 0) is 0 Å². The molecule has 0 amide bonds. The van der Waals surface area contributed by atoms with E-state index in [0.717, 1.165) is 12.1 Å². The second-order valence-electron chi connectivity index (χ2n) is 5.71. The van der Waals surface area contributed by atoms with Gasteiger partial charge >= 0.3 is 0 Å². The van der Waals surface area contributed by atoms with Crippen LogP contribution >= 0.6 is 0 Å². The Kier molecular flexibility index (Phi) is 10.1. The van der Waals surface area contributed by atoms with Gasteiger partial charge in [0.25, 0.3) is 0 Å². The Hall–Kier alpha value is -0.960. The molecule has 2 N–H and O–H groups in total. The minimum Gasteiger partial charge on any atom is -0.323 e. The van der Waals surface area contributed by atoms with Crippen LogP contribution in [0.5, 0.6) is 0 Å². The highest BCUT2D eigenvalue weighted by Crippen LogP contribution is 2.16. The predicted molar refractivity (Wildman–Crippen MR) is 85.4 cm³/mol. The zero-order valence-electron chi connectivity index (χ0n) is 13.1. The Bertz CT molecular complexity index is 313. The topological polar surface area (TPSA) is 51.8 Å². The van der Waals surface area contributed by atoms with Crippen molar-refractivity contribution in [1.29, 1.82) is 0 Å². The second-order valence-corrected chi connectivity index (χ2v) is 5.71. The van der Waals surface area contributed by atoms with Crippen molar-refractivity contribution in [2.75, 3.05) is 0 Å². The Balaban J connectivity index is 1.90. The maximum Gasteiger partial charge on any atom is 0.0753 e. The molecule has 0 aliphatic carbocycles. The highest BCUT2D eigenvalue weighted by molar-refractivity contribution is 5.00. The minimum absolute atomic E-state index is 0.0535. The maximum atomic E-state index is 6.10. The average Bonchev–Trinajstić information content (AvgIpc) is 2.50. The molecular weight excluding hydrogens is 246 g/mol. The summed E-state index contributed by atoms with van der Waals surface area (Å²) in [5.74, 6) is 0. The number of hydrogen-bond donors (Lipinski definition) is 1. The molecule has 0 bridgehead atoms. The third-order valence-corrected chi connectivity index (χ3v) is 3.83. The molecule has 3 nitrogen and oxygen atoms in total. The number of rotatable bonds is 12. The smallest absolute Gasteiger partial charge is 0.0753 e. The highest BCUT2D eigenvalue weighted by Gasteiger charge is 2.06. The van der Waals surface area contributed by atoms with Crippen molar-refractivity contribution in [2.45, 2.75) is 83.6 Å². The summed E-state index contributed by atoms with van der Waals surface area (Å²) in [6, 6.07) is 0.0535. The number of nitrogens with zero attached hydrogens (tertiary/aromatic N) is 2. The Morgan fingerprint density at radius 1 is 0.900 bits per heavy atom. The SMILES string of the molecule is CCCCCCCCCCCCC(N)c1cnccn1. The maximum absolute atomic E-state index is 6.10. The summed E-state index contributed by atoms with van der Waals surface area (Å²) in [5.41, 5.74) is 7.02. The molecule has 20 heavy (non-hydrogen) atoms. The molecule has 0 aromatic carbocycles. The molecule has 1 atom stereocenters. The lowest BCUT2D eigenvalue weighted by molar-refractivity contribution is 0.524. The van der Waals surface area contributed by atoms with E-state index in [4.69, 9.17) is 5.73 Å². The van der Waals surface area contributed by atoms with Gasteiger partial charge in [-0.25, -0.2) is 0 Å². The van der Waals surface area contributed by atoms with Crippen LogP contribution in [0.1, 0.15) is 89.3 Å². The van der Waals surface area contributed by atoms with E-state index in [-0.39, 0.29) is 6.04 Å². The molecule has 0 fully saturated rings. The van der Waals surface area contributed by atoms with Gasteiger partial charge in [-0.3, -0.25) is 9.97 Å². The molecule has 0 aliphatic heterocycles. The second kappa shape index (κ2) is 11.8. The van der Waals surface area contributed by atoms with Crippen LogP contribution in [0.3, 0.4) is 0 Å². The molecule has 114 valence electrons. The standard InChI is InChI=1S/C17H31N3/c1-2-3-4-5-6-7-8-9-10-11-12-16(18)17-15-19-13-14-20-17/h13-16H,2-12,18H2,1H3. The monoisotopic (exact) mass is 277 g/mol. The number of hydrogen-bond acceptors (Lipinski definition) is 3. The lowest BCUT2D eigenvalue weighted by atomic mass is 10.0. The normalized spacial score (nSPS) is 12.5. The van der Waals surface area contributed by atoms with Gasteiger partial charge in [0.1, 0.15) is 0 Å². The van der Waals surface area contributed by atoms with Crippen LogP contribution < -0.4 is 5.73 Å². The molecule has 0 radical (unpaired) electrons. The average molecular weight is 277 g/mol. The van der Waals surface area contributed by atoms with E-state index in [1.807, 2.05) is 0 Å². The first-order valence-electron chi connectivity index (χ1n) is 8.36. The van der Waals surface area contributed by atoms with Crippen molar-refractivity contribution < 1.29 is 0 Å². The zero-order chi connectivity index (χ0) is 14.5. The van der Waals surface area contributed by atoms with Crippen LogP contribution in [0.2, 0.25) is 0 Å². The van der Waals surface area contributed by atoms with Crippen molar-refractivity contribution >= 4 is 0 Å². The quantitative estimate of drug-likeness (QED) is 0.559. The predicted octanol–water partition coefficient (Wildman–Crippen LogP) is 4.79. The van der Waals surface area contributed by atoms with E-state index >= 15 is 0 Å². The van der Waals surface area contributed by atoms with E-state index in [1.165, 1.54) is 64.2 Å². The van der Waals surface area contributed by atoms with Gasteiger partial charge in [0.05, 0.1) is 5.69 Å². The van der Waals surface area contributed by atoms with Gasteiger partial charge in [-0.05, 0) is 6.42 Å². The van der Waals surface area contributed by atoms with Crippen molar-refractivity contribution in [3.63, 3.8) is 0 Å². The van der Waals surface area contributed by atoms with E-state index < -0.39 is 0 Å². The summed E-state index contributed by atoms with van der Waals surface area (Å²) in [7, 11) is 0. The molecule has 1 rings (SSSR count). The molecule has 1 aromatic rings. The van der Waals surface area contributed by atoms with Crippen LogP contribution in [0.25, 0.3) is 0 Å². The zero-order valence-corrected chi connectivity index (χ0v) is 13.1. The summed E-state index contributed by atoms with van der Waals surface area (Å²) in [4.78, 5) is 8.32. The van der Waals surface area contributed by atoms with E-state index in [0.29, 0.717) is 0 Å². The number of aromatic nitrogens is 2. The van der Waals surface area contributed by atoms with Crippen molar-refractivity contribution in [1.82, 2.24) is 9.97 Å². The largest absolute Gasteiger partial charge is 0.323 e. The summed E-state index contributed by atoms with van der Waals surface area (Å²) in [6.07, 6.45) is 19.8. The summed E-state index contributed by atoms with van der Waals surface area (Å²) in [6.45, 7) is 2.27. The summed E-state index contributed by atoms with van der Waals surface area (Å²) < 4.78 is 0. The Morgan fingerprint density at radius 3 is 2.05 bits per heavy atom. The van der Waals surface area contributed by atoms with Crippen LogP contribution in [0, 0.1) is 0 Å². The van der Waals surface area contributed by atoms with Crippen LogP contribution in [-0.4, -0.2) is 9.97 Å². The van der Waals surface area contributed by atoms with Gasteiger partial charge in [-0.15, -0.1) is 0 Å². The molecule has 0 aliphatic rings. The molecule has 0 saturated heterocycles. The first-order chi connectivity index (χ1) is 9.84. The third-order valence-electron chi connectivity index (χ3n) is 3.83. The number of unbranched alkanes of at least 4 members (excludes halogenated alkanes) is 9. The van der Waals surface area contributed by atoms with Crippen molar-refractivity contribution in [3.05, 3.63) is 24.3 Å². The van der Waals surface area contributed by atoms with Gasteiger partial charge in [0, 0.05) is 24.6 Å². The Labute approximate surface area is 124 Å². The molecule has 3 heteroatoms. The van der Waals surface area contributed by atoms with Gasteiger partial charge < -0.3 is 5.73 Å². The molecule has 0 saturated carbocycles. The fourth-order valence-corrected chi connectivity index (χ4v) is 2.50. The van der Waals surface area contributed by atoms with E-state index in [9.17, 15) is 0 Å². The molecule has 1 heterocycles.